The number of aromatic nitrogens is 1. The third-order valence-corrected chi connectivity index (χ3v) is 2.70. The van der Waals surface area contributed by atoms with Gasteiger partial charge >= 0.3 is 0 Å². The zero-order chi connectivity index (χ0) is 13.0. The van der Waals surface area contributed by atoms with Crippen molar-refractivity contribution in [2.75, 3.05) is 11.9 Å². The van der Waals surface area contributed by atoms with Crippen LogP contribution in [0.1, 0.15) is 11.1 Å². The van der Waals surface area contributed by atoms with Gasteiger partial charge in [0.05, 0.1) is 5.56 Å². The second kappa shape index (κ2) is 5.31. The van der Waals surface area contributed by atoms with Crippen LogP contribution in [0.4, 0.5) is 5.82 Å². The van der Waals surface area contributed by atoms with Gasteiger partial charge in [-0.1, -0.05) is 30.3 Å². The second-order valence-electron chi connectivity index (χ2n) is 4.13. The van der Waals surface area contributed by atoms with E-state index in [4.69, 9.17) is 11.1 Å². The van der Waals surface area contributed by atoms with Crippen LogP contribution in [0.15, 0.2) is 48.7 Å². The van der Waals surface area contributed by atoms with Crippen LogP contribution >= 0.6 is 0 Å². The Balaban J connectivity index is 2.24. The number of nitrogens with zero attached hydrogens (tertiary/aromatic N) is 2. The fraction of sp³-hybridized carbons (Fsp3) is 0.143. The van der Waals surface area contributed by atoms with Crippen LogP contribution in [0.5, 0.6) is 0 Å². The van der Waals surface area contributed by atoms with Crippen LogP contribution in [-0.4, -0.2) is 17.9 Å². The second-order valence-corrected chi connectivity index (χ2v) is 4.13. The largest absolute Gasteiger partial charge is 0.384 e. The molecule has 1 aromatic carbocycles. The smallest absolute Gasteiger partial charge is 0.139 e. The maximum absolute atomic E-state index is 7.56. The minimum absolute atomic E-state index is 0.0398. The lowest BCUT2D eigenvalue weighted by atomic mass is 10.2. The number of nitrogens with one attached hydrogen (secondary N) is 1. The van der Waals surface area contributed by atoms with E-state index in [1.807, 2.05) is 36.2 Å². The van der Waals surface area contributed by atoms with Crippen molar-refractivity contribution in [3.63, 3.8) is 0 Å². The molecule has 2 aromatic rings. The van der Waals surface area contributed by atoms with E-state index >= 15 is 0 Å². The molecule has 2 rings (SSSR count). The molecule has 0 aliphatic heterocycles. The lowest BCUT2D eigenvalue weighted by molar-refractivity contribution is 0.895. The number of nitrogen functional groups attached to an aromatic ring is 1. The highest BCUT2D eigenvalue weighted by Gasteiger charge is 2.10. The summed E-state index contributed by atoms with van der Waals surface area (Å²) in [5.74, 6) is 0.770. The standard InChI is InChI=1S/C14H16N4/c1-18(10-11-6-3-2-4-7-11)14-12(13(15)16)8-5-9-17-14/h2-9H,10H2,1H3,(H3,15,16). The summed E-state index contributed by atoms with van der Waals surface area (Å²) in [6.45, 7) is 0.734. The van der Waals surface area contributed by atoms with E-state index in [1.165, 1.54) is 5.56 Å². The van der Waals surface area contributed by atoms with Crippen molar-refractivity contribution in [2.24, 2.45) is 5.73 Å². The summed E-state index contributed by atoms with van der Waals surface area (Å²) in [6.07, 6.45) is 1.71. The number of hydrogen-bond acceptors (Lipinski definition) is 3. The minimum Gasteiger partial charge on any atom is -0.384 e. The Labute approximate surface area is 107 Å². The van der Waals surface area contributed by atoms with Gasteiger partial charge < -0.3 is 10.6 Å². The molecule has 0 spiro atoms. The molecule has 18 heavy (non-hydrogen) atoms. The first-order chi connectivity index (χ1) is 8.68. The summed E-state index contributed by atoms with van der Waals surface area (Å²) in [5.41, 5.74) is 7.42. The van der Waals surface area contributed by atoms with Gasteiger partial charge in [-0.2, -0.15) is 0 Å². The fourth-order valence-corrected chi connectivity index (χ4v) is 1.84. The van der Waals surface area contributed by atoms with Crippen molar-refractivity contribution in [1.82, 2.24) is 4.98 Å². The summed E-state index contributed by atoms with van der Waals surface area (Å²) >= 11 is 0. The molecule has 0 atom stereocenters. The van der Waals surface area contributed by atoms with Crippen molar-refractivity contribution < 1.29 is 0 Å². The molecular formula is C14H16N4. The molecule has 0 aliphatic carbocycles. The van der Waals surface area contributed by atoms with E-state index in [1.54, 1.807) is 12.3 Å². The highest BCUT2D eigenvalue weighted by molar-refractivity contribution is 5.99. The van der Waals surface area contributed by atoms with Crippen LogP contribution in [0.25, 0.3) is 0 Å². The van der Waals surface area contributed by atoms with E-state index in [-0.39, 0.29) is 5.84 Å². The predicted molar refractivity (Wildman–Crippen MR) is 73.8 cm³/mol. The first-order valence-electron chi connectivity index (χ1n) is 5.73. The molecule has 92 valence electrons. The average molecular weight is 240 g/mol. The molecular weight excluding hydrogens is 224 g/mol. The molecule has 0 fully saturated rings. The molecule has 0 aliphatic rings. The summed E-state index contributed by atoms with van der Waals surface area (Å²) < 4.78 is 0. The number of anilines is 1. The summed E-state index contributed by atoms with van der Waals surface area (Å²) in [4.78, 5) is 6.29. The van der Waals surface area contributed by atoms with Crippen molar-refractivity contribution in [3.05, 3.63) is 59.8 Å². The molecule has 4 nitrogen and oxygen atoms in total. The van der Waals surface area contributed by atoms with Gasteiger partial charge in [0.25, 0.3) is 0 Å². The lowest BCUT2D eigenvalue weighted by Crippen LogP contribution is -2.23. The predicted octanol–water partition coefficient (Wildman–Crippen LogP) is 2.00. The van der Waals surface area contributed by atoms with Crippen molar-refractivity contribution in [2.45, 2.75) is 6.54 Å². The highest BCUT2D eigenvalue weighted by Crippen LogP contribution is 2.17. The number of nitrogens with two attached hydrogens (primary N) is 1. The Morgan fingerprint density at radius 3 is 2.61 bits per heavy atom. The van der Waals surface area contributed by atoms with Gasteiger partial charge in [0.15, 0.2) is 0 Å². The third kappa shape index (κ3) is 2.66. The SMILES string of the molecule is CN(Cc1ccccc1)c1ncccc1C(=N)N. The third-order valence-electron chi connectivity index (χ3n) is 2.70. The molecule has 1 heterocycles. The average Bonchev–Trinajstić information content (AvgIpc) is 2.40. The van der Waals surface area contributed by atoms with Gasteiger partial charge in [0.1, 0.15) is 11.7 Å². The van der Waals surface area contributed by atoms with Gasteiger partial charge in [0, 0.05) is 19.8 Å². The van der Waals surface area contributed by atoms with E-state index < -0.39 is 0 Å². The monoisotopic (exact) mass is 240 g/mol. The molecule has 0 unspecified atom stereocenters. The molecule has 0 saturated heterocycles. The van der Waals surface area contributed by atoms with Gasteiger partial charge in [-0.25, -0.2) is 4.98 Å². The van der Waals surface area contributed by atoms with Crippen molar-refractivity contribution in [3.8, 4) is 0 Å². The molecule has 4 heteroatoms. The first kappa shape index (κ1) is 12.1. The Morgan fingerprint density at radius 2 is 1.94 bits per heavy atom. The lowest BCUT2D eigenvalue weighted by Gasteiger charge is -2.20. The van der Waals surface area contributed by atoms with Crippen molar-refractivity contribution in [1.29, 1.82) is 5.41 Å². The number of hydrogen-bond donors (Lipinski definition) is 2. The Morgan fingerprint density at radius 1 is 1.22 bits per heavy atom. The number of rotatable bonds is 4. The molecule has 0 saturated carbocycles. The minimum atomic E-state index is 0.0398. The zero-order valence-electron chi connectivity index (χ0n) is 10.3. The van der Waals surface area contributed by atoms with Crippen LogP contribution in [0.2, 0.25) is 0 Å². The molecule has 0 bridgehead atoms. The quantitative estimate of drug-likeness (QED) is 0.634. The maximum Gasteiger partial charge on any atom is 0.139 e. The normalized spacial score (nSPS) is 10.1. The number of benzene rings is 1. The molecule has 1 aromatic heterocycles. The number of pyridine rings is 1. The van der Waals surface area contributed by atoms with E-state index in [2.05, 4.69) is 17.1 Å². The van der Waals surface area contributed by atoms with Crippen LogP contribution in [0, 0.1) is 5.41 Å². The highest BCUT2D eigenvalue weighted by atomic mass is 15.2. The van der Waals surface area contributed by atoms with E-state index in [9.17, 15) is 0 Å². The maximum atomic E-state index is 7.56. The molecule has 0 radical (unpaired) electrons. The van der Waals surface area contributed by atoms with Gasteiger partial charge in [-0.3, -0.25) is 5.41 Å². The molecule has 3 N–H and O–H groups in total. The summed E-state index contributed by atoms with van der Waals surface area (Å²) in [5, 5.41) is 7.56. The van der Waals surface area contributed by atoms with Gasteiger partial charge in [-0.05, 0) is 17.7 Å². The van der Waals surface area contributed by atoms with Gasteiger partial charge in [0.2, 0.25) is 0 Å². The van der Waals surface area contributed by atoms with E-state index in [0.29, 0.717) is 5.56 Å². The van der Waals surface area contributed by atoms with Crippen LogP contribution < -0.4 is 10.6 Å². The summed E-state index contributed by atoms with van der Waals surface area (Å²) in [7, 11) is 1.95. The zero-order valence-corrected chi connectivity index (χ0v) is 10.3. The van der Waals surface area contributed by atoms with Crippen LogP contribution in [-0.2, 0) is 6.54 Å². The Hall–Kier alpha value is -2.36. The van der Waals surface area contributed by atoms with Crippen LogP contribution in [0.3, 0.4) is 0 Å². The topological polar surface area (TPSA) is 66.0 Å². The molecule has 0 amide bonds. The van der Waals surface area contributed by atoms with Crippen molar-refractivity contribution >= 4 is 11.7 Å². The first-order valence-corrected chi connectivity index (χ1v) is 5.73. The Kier molecular flexibility index (Phi) is 3.57. The Bertz CT molecular complexity index is 537. The summed E-state index contributed by atoms with van der Waals surface area (Å²) in [6, 6.07) is 13.7. The number of amidine groups is 1. The van der Waals surface area contributed by atoms with Gasteiger partial charge in [-0.15, -0.1) is 0 Å². The van der Waals surface area contributed by atoms with E-state index in [0.717, 1.165) is 12.4 Å². The fourth-order valence-electron chi connectivity index (χ4n) is 1.84.